The Morgan fingerprint density at radius 1 is 0.912 bits per heavy atom. The minimum Gasteiger partial charge on any atom is -0.489 e. The van der Waals surface area contributed by atoms with E-state index >= 15 is 0 Å². The summed E-state index contributed by atoms with van der Waals surface area (Å²) in [7, 11) is 0. The van der Waals surface area contributed by atoms with Gasteiger partial charge in [0.15, 0.2) is 0 Å². The van der Waals surface area contributed by atoms with Gasteiger partial charge in [-0.2, -0.15) is 0 Å². The molecule has 34 heavy (non-hydrogen) atoms. The molecule has 2 aromatic heterocycles. The van der Waals surface area contributed by atoms with Gasteiger partial charge in [0.1, 0.15) is 30.1 Å². The summed E-state index contributed by atoms with van der Waals surface area (Å²) in [4.78, 5) is 11.6. The van der Waals surface area contributed by atoms with Crippen LogP contribution in [0.1, 0.15) is 43.7 Å². The molecule has 2 aromatic carbocycles. The largest absolute Gasteiger partial charge is 0.489 e. The second-order valence-corrected chi connectivity index (χ2v) is 9.56. The van der Waals surface area contributed by atoms with Crippen molar-refractivity contribution in [2.45, 2.75) is 50.8 Å². The molecule has 1 saturated carbocycles. The van der Waals surface area contributed by atoms with E-state index in [-0.39, 0.29) is 0 Å². The molecular formula is C28H31N5O. The van der Waals surface area contributed by atoms with E-state index < -0.39 is 0 Å². The zero-order chi connectivity index (χ0) is 22.9. The van der Waals surface area contributed by atoms with Crippen molar-refractivity contribution in [3.05, 3.63) is 72.7 Å². The molecule has 0 unspecified atom stereocenters. The van der Waals surface area contributed by atoms with Crippen LogP contribution >= 0.6 is 0 Å². The Hall–Kier alpha value is -3.38. The van der Waals surface area contributed by atoms with E-state index in [1.165, 1.54) is 45.2 Å². The second kappa shape index (κ2) is 9.11. The van der Waals surface area contributed by atoms with Gasteiger partial charge in [-0.3, -0.25) is 0 Å². The maximum atomic E-state index is 6.40. The number of rotatable bonds is 6. The molecule has 6 heteroatoms. The van der Waals surface area contributed by atoms with Crippen molar-refractivity contribution in [1.29, 1.82) is 0 Å². The second-order valence-electron chi connectivity index (χ2n) is 9.56. The number of benzene rings is 2. The van der Waals surface area contributed by atoms with Gasteiger partial charge in [-0.1, -0.05) is 42.5 Å². The van der Waals surface area contributed by atoms with Crippen molar-refractivity contribution in [3.8, 4) is 16.9 Å². The lowest BCUT2D eigenvalue weighted by atomic mass is 9.88. The molecule has 6 nitrogen and oxygen atoms in total. The number of nitrogens with two attached hydrogens (primary N) is 1. The van der Waals surface area contributed by atoms with Crippen LogP contribution in [0.5, 0.6) is 5.75 Å². The predicted octanol–water partition coefficient (Wildman–Crippen LogP) is 5.45. The van der Waals surface area contributed by atoms with E-state index in [0.29, 0.717) is 18.5 Å². The Morgan fingerprint density at radius 3 is 2.47 bits per heavy atom. The molecule has 6 rings (SSSR count). The first-order valence-electron chi connectivity index (χ1n) is 12.4. The van der Waals surface area contributed by atoms with Gasteiger partial charge >= 0.3 is 0 Å². The van der Waals surface area contributed by atoms with Gasteiger partial charge in [0, 0.05) is 23.8 Å². The molecule has 174 valence electrons. The van der Waals surface area contributed by atoms with Crippen molar-refractivity contribution in [2.24, 2.45) is 0 Å². The van der Waals surface area contributed by atoms with Crippen LogP contribution in [-0.4, -0.2) is 38.6 Å². The zero-order valence-electron chi connectivity index (χ0n) is 19.4. The summed E-state index contributed by atoms with van der Waals surface area (Å²) in [6.45, 7) is 3.09. The third-order valence-electron chi connectivity index (χ3n) is 7.50. The third-order valence-corrected chi connectivity index (χ3v) is 7.50. The first kappa shape index (κ1) is 21.2. The van der Waals surface area contributed by atoms with Gasteiger partial charge in [-0.25, -0.2) is 9.97 Å². The number of hydrogen-bond donors (Lipinski definition) is 1. The molecule has 2 N–H and O–H groups in total. The van der Waals surface area contributed by atoms with Crippen LogP contribution in [0.25, 0.3) is 22.2 Å². The molecule has 0 atom stereocenters. The summed E-state index contributed by atoms with van der Waals surface area (Å²) in [5.41, 5.74) is 10.6. The maximum absolute atomic E-state index is 6.40. The molecule has 0 radical (unpaired) electrons. The number of likely N-dealkylation sites (tertiary alicyclic amines) is 1. The Balaban J connectivity index is 1.29. The highest BCUT2D eigenvalue weighted by Gasteiger charge is 2.30. The molecule has 0 amide bonds. The molecule has 1 aliphatic carbocycles. The average molecular weight is 454 g/mol. The SMILES string of the molecule is Nc1ncnc2c1c(-c1cccc(OCc3ccccc3)c1)cn2[C@H]1CC[C@@H](N2CCC2)CC1. The minimum absolute atomic E-state index is 0.445. The summed E-state index contributed by atoms with van der Waals surface area (Å²) >= 11 is 0. The molecular weight excluding hydrogens is 422 g/mol. The fraction of sp³-hybridized carbons (Fsp3) is 0.357. The monoisotopic (exact) mass is 453 g/mol. The molecule has 0 spiro atoms. The molecule has 4 aromatic rings. The van der Waals surface area contributed by atoms with E-state index in [0.717, 1.165) is 39.5 Å². The van der Waals surface area contributed by atoms with Crippen molar-refractivity contribution >= 4 is 16.9 Å². The number of nitrogens with zero attached hydrogens (tertiary/aromatic N) is 4. The van der Waals surface area contributed by atoms with Gasteiger partial charge < -0.3 is 19.9 Å². The van der Waals surface area contributed by atoms with Crippen molar-refractivity contribution < 1.29 is 4.74 Å². The predicted molar refractivity (Wildman–Crippen MR) is 136 cm³/mol. The summed E-state index contributed by atoms with van der Waals surface area (Å²) in [6.07, 6.45) is 10.0. The fourth-order valence-electron chi connectivity index (χ4n) is 5.51. The van der Waals surface area contributed by atoms with Crippen molar-refractivity contribution in [3.63, 3.8) is 0 Å². The van der Waals surface area contributed by atoms with E-state index in [1.807, 2.05) is 30.3 Å². The molecule has 0 bridgehead atoms. The zero-order valence-corrected chi connectivity index (χ0v) is 19.4. The van der Waals surface area contributed by atoms with Crippen LogP contribution in [0, 0.1) is 0 Å². The van der Waals surface area contributed by atoms with E-state index in [9.17, 15) is 0 Å². The number of fused-ring (bicyclic) bond motifs is 1. The molecule has 1 aliphatic heterocycles. The van der Waals surface area contributed by atoms with Crippen molar-refractivity contribution in [1.82, 2.24) is 19.4 Å². The number of nitrogen functional groups attached to an aromatic ring is 1. The van der Waals surface area contributed by atoms with E-state index in [4.69, 9.17) is 10.5 Å². The number of aromatic nitrogens is 3. The lowest BCUT2D eigenvalue weighted by Crippen LogP contribution is -2.46. The Kier molecular flexibility index (Phi) is 5.67. The smallest absolute Gasteiger partial charge is 0.146 e. The summed E-state index contributed by atoms with van der Waals surface area (Å²) in [5, 5.41) is 0.938. The van der Waals surface area contributed by atoms with Crippen LogP contribution in [0.15, 0.2) is 67.1 Å². The highest BCUT2D eigenvalue weighted by Crippen LogP contribution is 2.40. The lowest BCUT2D eigenvalue weighted by Gasteiger charge is -2.42. The van der Waals surface area contributed by atoms with E-state index in [2.05, 4.69) is 49.9 Å². The Morgan fingerprint density at radius 2 is 1.71 bits per heavy atom. The van der Waals surface area contributed by atoms with Gasteiger partial charge in [0.25, 0.3) is 0 Å². The normalized spacial score (nSPS) is 20.8. The standard InChI is InChI=1S/C28H31N5O/c29-27-26-25(21-8-4-9-24(16-21)34-18-20-6-2-1-3-7-20)17-33(28(26)31-19-30-27)23-12-10-22(11-13-23)32-14-5-15-32/h1-4,6-9,16-17,19,22-23H,5,10-15,18H2,(H2,29,30,31)/t22-,23+. The lowest BCUT2D eigenvalue weighted by molar-refractivity contribution is 0.0807. The number of hydrogen-bond acceptors (Lipinski definition) is 5. The third kappa shape index (κ3) is 4.03. The summed E-state index contributed by atoms with van der Waals surface area (Å²) < 4.78 is 8.45. The van der Waals surface area contributed by atoms with Crippen molar-refractivity contribution in [2.75, 3.05) is 18.8 Å². The van der Waals surface area contributed by atoms with Crippen LogP contribution in [0.2, 0.25) is 0 Å². The van der Waals surface area contributed by atoms with Crippen LogP contribution in [0.4, 0.5) is 5.82 Å². The van der Waals surface area contributed by atoms with Gasteiger partial charge in [0.2, 0.25) is 0 Å². The van der Waals surface area contributed by atoms with Gasteiger partial charge in [-0.05, 0) is 68.5 Å². The first-order valence-corrected chi connectivity index (χ1v) is 12.4. The summed E-state index contributed by atoms with van der Waals surface area (Å²) in [5.74, 6) is 1.37. The highest BCUT2D eigenvalue weighted by molar-refractivity contribution is 6.00. The van der Waals surface area contributed by atoms with Crippen LogP contribution in [-0.2, 0) is 6.61 Å². The molecule has 2 fully saturated rings. The Bertz CT molecular complexity index is 1270. The quantitative estimate of drug-likeness (QED) is 0.420. The summed E-state index contributed by atoms with van der Waals surface area (Å²) in [6, 6.07) is 19.7. The van der Waals surface area contributed by atoms with Crippen LogP contribution in [0.3, 0.4) is 0 Å². The average Bonchev–Trinajstić information content (AvgIpc) is 3.24. The topological polar surface area (TPSA) is 69.2 Å². The number of ether oxygens (including phenoxy) is 1. The van der Waals surface area contributed by atoms with Gasteiger partial charge in [-0.15, -0.1) is 0 Å². The molecule has 2 aliphatic rings. The molecule has 1 saturated heterocycles. The highest BCUT2D eigenvalue weighted by atomic mass is 16.5. The minimum atomic E-state index is 0.445. The number of anilines is 1. The van der Waals surface area contributed by atoms with Crippen LogP contribution < -0.4 is 10.5 Å². The fourth-order valence-corrected chi connectivity index (χ4v) is 5.51. The maximum Gasteiger partial charge on any atom is 0.146 e. The Labute approximate surface area is 200 Å². The molecule has 3 heterocycles. The van der Waals surface area contributed by atoms with E-state index in [1.54, 1.807) is 6.33 Å². The first-order chi connectivity index (χ1) is 16.8. The van der Waals surface area contributed by atoms with Gasteiger partial charge in [0.05, 0.1) is 5.39 Å².